The molecule has 0 saturated carbocycles. The van der Waals surface area contributed by atoms with Gasteiger partial charge in [-0.25, -0.2) is 9.59 Å². The Kier molecular flexibility index (Phi) is 6.69. The average molecular weight is 343 g/mol. The molecule has 0 heterocycles. The SMILES string of the molecule is CCN(CCNc1cc(Cl)ccc1C(=O)O)C(=O)OC(C)(C)C. The van der Waals surface area contributed by atoms with Crippen molar-refractivity contribution in [1.82, 2.24) is 4.90 Å². The van der Waals surface area contributed by atoms with Crippen molar-refractivity contribution in [3.63, 3.8) is 0 Å². The molecule has 6 nitrogen and oxygen atoms in total. The molecule has 1 aromatic carbocycles. The summed E-state index contributed by atoms with van der Waals surface area (Å²) in [5.74, 6) is -1.04. The number of benzene rings is 1. The number of amides is 1. The molecule has 0 aliphatic rings. The predicted octanol–water partition coefficient (Wildman–Crippen LogP) is 3.71. The number of nitrogens with one attached hydrogen (secondary N) is 1. The van der Waals surface area contributed by atoms with Crippen LogP contribution < -0.4 is 5.32 Å². The minimum absolute atomic E-state index is 0.134. The Morgan fingerprint density at radius 3 is 2.52 bits per heavy atom. The summed E-state index contributed by atoms with van der Waals surface area (Å²) in [6, 6.07) is 4.52. The lowest BCUT2D eigenvalue weighted by molar-refractivity contribution is 0.0267. The molecule has 7 heteroatoms. The number of likely N-dealkylation sites (N-methyl/N-ethyl adjacent to an activating group) is 1. The number of hydrogen-bond acceptors (Lipinski definition) is 4. The zero-order valence-electron chi connectivity index (χ0n) is 13.9. The summed E-state index contributed by atoms with van der Waals surface area (Å²) in [4.78, 5) is 24.8. The zero-order chi connectivity index (χ0) is 17.6. The van der Waals surface area contributed by atoms with Crippen LogP contribution in [0.25, 0.3) is 0 Å². The first-order chi connectivity index (χ1) is 10.6. The fourth-order valence-corrected chi connectivity index (χ4v) is 2.05. The predicted molar refractivity (Wildman–Crippen MR) is 90.4 cm³/mol. The number of carboxylic acids is 1. The van der Waals surface area contributed by atoms with Crippen LogP contribution in [0.4, 0.5) is 10.5 Å². The number of carbonyl (C=O) groups excluding carboxylic acids is 1. The molecule has 0 spiro atoms. The molecular formula is C16H23ClN2O4. The van der Waals surface area contributed by atoms with Crippen molar-refractivity contribution >= 4 is 29.4 Å². The van der Waals surface area contributed by atoms with E-state index in [1.54, 1.807) is 11.0 Å². The van der Waals surface area contributed by atoms with Crippen LogP contribution in [-0.4, -0.2) is 47.3 Å². The fraction of sp³-hybridized carbons (Fsp3) is 0.500. The molecule has 0 bridgehead atoms. The van der Waals surface area contributed by atoms with Crippen LogP contribution in [0.3, 0.4) is 0 Å². The summed E-state index contributed by atoms with van der Waals surface area (Å²) >= 11 is 5.90. The molecule has 2 N–H and O–H groups in total. The Morgan fingerprint density at radius 1 is 1.35 bits per heavy atom. The van der Waals surface area contributed by atoms with Crippen LogP contribution in [0.5, 0.6) is 0 Å². The van der Waals surface area contributed by atoms with Crippen molar-refractivity contribution in [2.45, 2.75) is 33.3 Å². The highest BCUT2D eigenvalue weighted by Crippen LogP contribution is 2.21. The molecule has 0 fully saturated rings. The van der Waals surface area contributed by atoms with Crippen molar-refractivity contribution in [3.8, 4) is 0 Å². The summed E-state index contributed by atoms with van der Waals surface area (Å²) < 4.78 is 5.32. The van der Waals surface area contributed by atoms with Crippen LogP contribution in [0.1, 0.15) is 38.1 Å². The van der Waals surface area contributed by atoms with Gasteiger partial charge in [0.05, 0.1) is 11.3 Å². The number of anilines is 1. The average Bonchev–Trinajstić information content (AvgIpc) is 2.41. The Hall–Kier alpha value is -1.95. The number of hydrogen-bond donors (Lipinski definition) is 2. The fourth-order valence-electron chi connectivity index (χ4n) is 1.88. The Balaban J connectivity index is 2.66. The molecule has 1 rings (SSSR count). The quantitative estimate of drug-likeness (QED) is 0.824. The third-order valence-electron chi connectivity index (χ3n) is 2.94. The van der Waals surface area contributed by atoms with Gasteiger partial charge in [0.2, 0.25) is 0 Å². The van der Waals surface area contributed by atoms with E-state index in [2.05, 4.69) is 5.32 Å². The summed E-state index contributed by atoms with van der Waals surface area (Å²) in [7, 11) is 0. The summed E-state index contributed by atoms with van der Waals surface area (Å²) in [6.45, 7) is 8.54. The van der Waals surface area contributed by atoms with Gasteiger partial charge in [0.15, 0.2) is 0 Å². The Morgan fingerprint density at radius 2 is 2.00 bits per heavy atom. The highest BCUT2D eigenvalue weighted by atomic mass is 35.5. The molecule has 0 aliphatic carbocycles. The summed E-state index contributed by atoms with van der Waals surface area (Å²) in [5.41, 5.74) is 0.00131. The zero-order valence-corrected chi connectivity index (χ0v) is 14.6. The number of nitrogens with zero attached hydrogens (tertiary/aromatic N) is 1. The highest BCUT2D eigenvalue weighted by molar-refractivity contribution is 6.31. The van der Waals surface area contributed by atoms with Crippen LogP contribution in [0.15, 0.2) is 18.2 Å². The maximum Gasteiger partial charge on any atom is 0.410 e. The molecule has 1 amide bonds. The number of ether oxygens (including phenoxy) is 1. The molecule has 0 aromatic heterocycles. The molecule has 1 aromatic rings. The van der Waals surface area contributed by atoms with E-state index in [4.69, 9.17) is 21.4 Å². The molecule has 128 valence electrons. The van der Waals surface area contributed by atoms with Crippen LogP contribution >= 0.6 is 11.6 Å². The normalized spacial score (nSPS) is 11.0. The van der Waals surface area contributed by atoms with Crippen molar-refractivity contribution < 1.29 is 19.4 Å². The van der Waals surface area contributed by atoms with Gasteiger partial charge in [-0.05, 0) is 45.9 Å². The number of aromatic carboxylic acids is 1. The second-order valence-electron chi connectivity index (χ2n) is 5.98. The van der Waals surface area contributed by atoms with Gasteiger partial charge >= 0.3 is 12.1 Å². The third kappa shape index (κ3) is 6.36. The van der Waals surface area contributed by atoms with Gasteiger partial charge in [-0.1, -0.05) is 11.6 Å². The van der Waals surface area contributed by atoms with Crippen LogP contribution in [0.2, 0.25) is 5.02 Å². The van der Waals surface area contributed by atoms with E-state index in [-0.39, 0.29) is 5.56 Å². The van der Waals surface area contributed by atoms with Crippen molar-refractivity contribution in [2.75, 3.05) is 25.0 Å². The van der Waals surface area contributed by atoms with E-state index in [9.17, 15) is 9.59 Å². The van der Waals surface area contributed by atoms with Crippen molar-refractivity contribution in [2.24, 2.45) is 0 Å². The maximum atomic E-state index is 12.0. The molecular weight excluding hydrogens is 320 g/mol. The van der Waals surface area contributed by atoms with Crippen LogP contribution in [0, 0.1) is 0 Å². The molecule has 0 saturated heterocycles. The first kappa shape index (κ1) is 19.1. The monoisotopic (exact) mass is 342 g/mol. The lowest BCUT2D eigenvalue weighted by Crippen LogP contribution is -2.39. The van der Waals surface area contributed by atoms with Gasteiger partial charge in [-0.3, -0.25) is 0 Å². The molecule has 0 radical (unpaired) electrons. The standard InChI is InChI=1S/C16H23ClN2O4/c1-5-19(15(22)23-16(2,3)4)9-8-18-13-10-11(17)6-7-12(13)14(20)21/h6-7,10,18H,5,8-9H2,1-4H3,(H,20,21). The van der Waals surface area contributed by atoms with Gasteiger partial charge in [-0.15, -0.1) is 0 Å². The number of carboxylic acid groups (broad SMARTS) is 1. The highest BCUT2D eigenvalue weighted by Gasteiger charge is 2.20. The molecule has 0 aliphatic heterocycles. The molecule has 0 unspecified atom stereocenters. The smallest absolute Gasteiger partial charge is 0.410 e. The molecule has 23 heavy (non-hydrogen) atoms. The Labute approximate surface area is 141 Å². The first-order valence-electron chi connectivity index (χ1n) is 7.38. The third-order valence-corrected chi connectivity index (χ3v) is 3.18. The minimum atomic E-state index is -1.04. The minimum Gasteiger partial charge on any atom is -0.478 e. The van der Waals surface area contributed by atoms with E-state index < -0.39 is 17.7 Å². The largest absolute Gasteiger partial charge is 0.478 e. The van der Waals surface area contributed by atoms with Crippen molar-refractivity contribution in [1.29, 1.82) is 0 Å². The van der Waals surface area contributed by atoms with E-state index in [0.29, 0.717) is 30.3 Å². The molecule has 0 atom stereocenters. The maximum absolute atomic E-state index is 12.0. The van der Waals surface area contributed by atoms with Gasteiger partial charge < -0.3 is 20.1 Å². The van der Waals surface area contributed by atoms with E-state index in [1.807, 2.05) is 27.7 Å². The Bertz CT molecular complexity index is 570. The van der Waals surface area contributed by atoms with E-state index >= 15 is 0 Å². The lowest BCUT2D eigenvalue weighted by atomic mass is 10.2. The lowest BCUT2D eigenvalue weighted by Gasteiger charge is -2.26. The number of carbonyl (C=O) groups is 2. The second-order valence-corrected chi connectivity index (χ2v) is 6.42. The van der Waals surface area contributed by atoms with Gasteiger partial charge in [0.1, 0.15) is 5.60 Å². The topological polar surface area (TPSA) is 78.9 Å². The summed E-state index contributed by atoms with van der Waals surface area (Å²) in [5, 5.41) is 12.6. The first-order valence-corrected chi connectivity index (χ1v) is 7.76. The van der Waals surface area contributed by atoms with Gasteiger partial charge in [0.25, 0.3) is 0 Å². The van der Waals surface area contributed by atoms with Crippen molar-refractivity contribution in [3.05, 3.63) is 28.8 Å². The van der Waals surface area contributed by atoms with Gasteiger partial charge in [-0.2, -0.15) is 0 Å². The number of rotatable bonds is 6. The van der Waals surface area contributed by atoms with Crippen LogP contribution in [-0.2, 0) is 4.74 Å². The second kappa shape index (κ2) is 8.06. The number of halogens is 1. The van der Waals surface area contributed by atoms with E-state index in [0.717, 1.165) is 0 Å². The van der Waals surface area contributed by atoms with Gasteiger partial charge in [0, 0.05) is 24.7 Å². The van der Waals surface area contributed by atoms with E-state index in [1.165, 1.54) is 12.1 Å². The summed E-state index contributed by atoms with van der Waals surface area (Å²) in [6.07, 6.45) is -0.397.